The van der Waals surface area contributed by atoms with Crippen LogP contribution >= 0.6 is 11.3 Å². The predicted molar refractivity (Wildman–Crippen MR) is 111 cm³/mol. The highest BCUT2D eigenvalue weighted by Gasteiger charge is 2.25. The number of esters is 1. The molecule has 3 rings (SSSR count). The molecule has 1 atom stereocenters. The Morgan fingerprint density at radius 3 is 2.47 bits per heavy atom. The molecule has 156 valence electrons. The number of carbonyl (C=O) groups excluding carboxylic acids is 3. The van der Waals surface area contributed by atoms with Crippen LogP contribution in [0, 0.1) is 12.7 Å². The van der Waals surface area contributed by atoms with E-state index in [9.17, 15) is 18.8 Å². The molecule has 2 heterocycles. The summed E-state index contributed by atoms with van der Waals surface area (Å²) in [4.78, 5) is 40.7. The lowest BCUT2D eigenvalue weighted by Crippen LogP contribution is -2.30. The highest BCUT2D eigenvalue weighted by molar-refractivity contribution is 7.10. The SMILES string of the molecule is COC(=O)c1c(CC(=O)NC(c2ccc(F)cc2)c2cccs2)[nH]c(C(C)=O)c1C. The van der Waals surface area contributed by atoms with Gasteiger partial charge in [0.05, 0.1) is 30.8 Å². The summed E-state index contributed by atoms with van der Waals surface area (Å²) in [6.07, 6.45) is -0.151. The van der Waals surface area contributed by atoms with Crippen molar-refractivity contribution < 1.29 is 23.5 Å². The van der Waals surface area contributed by atoms with E-state index in [0.29, 0.717) is 11.3 Å². The van der Waals surface area contributed by atoms with Gasteiger partial charge in [-0.25, -0.2) is 9.18 Å². The Kier molecular flexibility index (Phi) is 6.47. The lowest BCUT2D eigenvalue weighted by atomic mass is 10.0. The van der Waals surface area contributed by atoms with Crippen LogP contribution in [0.5, 0.6) is 0 Å². The van der Waals surface area contributed by atoms with Gasteiger partial charge in [0.15, 0.2) is 5.78 Å². The van der Waals surface area contributed by atoms with E-state index in [0.717, 1.165) is 10.4 Å². The monoisotopic (exact) mass is 428 g/mol. The number of hydrogen-bond acceptors (Lipinski definition) is 5. The molecule has 0 saturated carbocycles. The lowest BCUT2D eigenvalue weighted by molar-refractivity contribution is -0.121. The summed E-state index contributed by atoms with van der Waals surface area (Å²) in [5.41, 5.74) is 1.95. The molecule has 30 heavy (non-hydrogen) atoms. The van der Waals surface area contributed by atoms with E-state index in [-0.39, 0.29) is 35.2 Å². The fraction of sp³-hybridized carbons (Fsp3) is 0.227. The molecule has 8 heteroatoms. The summed E-state index contributed by atoms with van der Waals surface area (Å²) >= 11 is 1.47. The number of ketones is 1. The first kappa shape index (κ1) is 21.4. The van der Waals surface area contributed by atoms with E-state index < -0.39 is 12.0 Å². The average Bonchev–Trinajstić information content (AvgIpc) is 3.35. The van der Waals surface area contributed by atoms with Gasteiger partial charge in [-0.2, -0.15) is 0 Å². The van der Waals surface area contributed by atoms with E-state index in [1.54, 1.807) is 19.1 Å². The number of aromatic nitrogens is 1. The first-order valence-corrected chi connectivity index (χ1v) is 10.1. The van der Waals surface area contributed by atoms with Crippen LogP contribution < -0.4 is 5.32 Å². The topological polar surface area (TPSA) is 88.3 Å². The Morgan fingerprint density at radius 1 is 1.20 bits per heavy atom. The van der Waals surface area contributed by atoms with Crippen molar-refractivity contribution in [3.8, 4) is 0 Å². The second-order valence-electron chi connectivity index (χ2n) is 6.77. The molecule has 0 saturated heterocycles. The number of H-pyrrole nitrogens is 1. The maximum atomic E-state index is 13.3. The number of Topliss-reactive ketones (excluding diaryl/α,β-unsaturated/α-hetero) is 1. The number of amides is 1. The lowest BCUT2D eigenvalue weighted by Gasteiger charge is -2.18. The molecule has 1 aromatic carbocycles. The molecule has 0 fully saturated rings. The number of rotatable bonds is 7. The molecule has 6 nitrogen and oxygen atoms in total. The fourth-order valence-corrected chi connectivity index (χ4v) is 4.13. The van der Waals surface area contributed by atoms with E-state index in [1.807, 2.05) is 17.5 Å². The second kappa shape index (κ2) is 9.04. The van der Waals surface area contributed by atoms with E-state index in [1.165, 1.54) is 37.5 Å². The minimum atomic E-state index is -0.618. The van der Waals surface area contributed by atoms with Crippen LogP contribution in [-0.4, -0.2) is 29.8 Å². The van der Waals surface area contributed by atoms with Gasteiger partial charge in [0, 0.05) is 17.5 Å². The minimum absolute atomic E-state index is 0.151. The van der Waals surface area contributed by atoms with Crippen LogP contribution in [0.15, 0.2) is 41.8 Å². The third-order valence-corrected chi connectivity index (χ3v) is 5.68. The van der Waals surface area contributed by atoms with Gasteiger partial charge in [0.25, 0.3) is 0 Å². The number of methoxy groups -OCH3 is 1. The van der Waals surface area contributed by atoms with Crippen molar-refractivity contribution in [2.75, 3.05) is 7.11 Å². The molecule has 0 aliphatic carbocycles. The molecule has 2 N–H and O–H groups in total. The third-order valence-electron chi connectivity index (χ3n) is 4.74. The number of ether oxygens (including phenoxy) is 1. The van der Waals surface area contributed by atoms with E-state index in [2.05, 4.69) is 10.3 Å². The van der Waals surface area contributed by atoms with E-state index in [4.69, 9.17) is 4.74 Å². The Balaban J connectivity index is 1.89. The first-order chi connectivity index (χ1) is 14.3. The second-order valence-corrected chi connectivity index (χ2v) is 7.75. The van der Waals surface area contributed by atoms with Crippen LogP contribution in [-0.2, 0) is 16.0 Å². The van der Waals surface area contributed by atoms with Crippen LogP contribution in [0.3, 0.4) is 0 Å². The smallest absolute Gasteiger partial charge is 0.339 e. The molecular weight excluding hydrogens is 407 g/mol. The third kappa shape index (κ3) is 4.49. The van der Waals surface area contributed by atoms with Gasteiger partial charge in [-0.15, -0.1) is 11.3 Å². The highest BCUT2D eigenvalue weighted by atomic mass is 32.1. The molecule has 0 radical (unpaired) electrons. The average molecular weight is 428 g/mol. The number of nitrogens with one attached hydrogen (secondary N) is 2. The van der Waals surface area contributed by atoms with Crippen molar-refractivity contribution in [3.63, 3.8) is 0 Å². The number of benzene rings is 1. The van der Waals surface area contributed by atoms with Gasteiger partial charge in [-0.3, -0.25) is 9.59 Å². The fourth-order valence-electron chi connectivity index (χ4n) is 3.32. The molecular formula is C22H21FN2O4S. The Hall–Kier alpha value is -3.26. The molecule has 0 aliphatic rings. The molecule has 2 aromatic heterocycles. The zero-order valence-corrected chi connectivity index (χ0v) is 17.6. The van der Waals surface area contributed by atoms with Gasteiger partial charge >= 0.3 is 5.97 Å². The van der Waals surface area contributed by atoms with Crippen molar-refractivity contribution in [2.24, 2.45) is 0 Å². The van der Waals surface area contributed by atoms with Gasteiger partial charge in [0.1, 0.15) is 5.82 Å². The van der Waals surface area contributed by atoms with Crippen molar-refractivity contribution in [1.29, 1.82) is 0 Å². The van der Waals surface area contributed by atoms with Gasteiger partial charge in [0.2, 0.25) is 5.91 Å². The molecule has 0 bridgehead atoms. The summed E-state index contributed by atoms with van der Waals surface area (Å²) in [6.45, 7) is 3.01. The van der Waals surface area contributed by atoms with Crippen molar-refractivity contribution in [2.45, 2.75) is 26.3 Å². The summed E-state index contributed by atoms with van der Waals surface area (Å²) in [6, 6.07) is 9.19. The first-order valence-electron chi connectivity index (χ1n) is 9.20. The van der Waals surface area contributed by atoms with Crippen molar-refractivity contribution in [1.82, 2.24) is 10.3 Å². The number of thiophene rings is 1. The Labute approximate surface area is 177 Å². The van der Waals surface area contributed by atoms with Crippen LogP contribution in [0.4, 0.5) is 4.39 Å². The molecule has 1 unspecified atom stereocenters. The zero-order chi connectivity index (χ0) is 21.8. The number of hydrogen-bond donors (Lipinski definition) is 2. The minimum Gasteiger partial charge on any atom is -0.465 e. The van der Waals surface area contributed by atoms with Crippen molar-refractivity contribution >= 4 is 29.0 Å². The molecule has 0 spiro atoms. The largest absolute Gasteiger partial charge is 0.465 e. The molecule has 0 aliphatic heterocycles. The van der Waals surface area contributed by atoms with Gasteiger partial charge in [-0.1, -0.05) is 18.2 Å². The summed E-state index contributed by atoms with van der Waals surface area (Å²) in [7, 11) is 1.24. The predicted octanol–water partition coefficient (Wildman–Crippen LogP) is 3.96. The summed E-state index contributed by atoms with van der Waals surface area (Å²) < 4.78 is 18.2. The molecule has 3 aromatic rings. The number of carbonyl (C=O) groups is 3. The molecule has 1 amide bonds. The normalized spacial score (nSPS) is 11.7. The summed E-state index contributed by atoms with van der Waals surface area (Å²) in [5.74, 6) is -1.59. The van der Waals surface area contributed by atoms with Crippen LogP contribution in [0.25, 0.3) is 0 Å². The van der Waals surface area contributed by atoms with Gasteiger partial charge < -0.3 is 15.0 Å². The van der Waals surface area contributed by atoms with Crippen LogP contribution in [0.2, 0.25) is 0 Å². The highest BCUT2D eigenvalue weighted by Crippen LogP contribution is 2.27. The maximum absolute atomic E-state index is 13.3. The summed E-state index contributed by atoms with van der Waals surface area (Å²) in [5, 5.41) is 4.83. The van der Waals surface area contributed by atoms with Crippen LogP contribution in [0.1, 0.15) is 55.5 Å². The zero-order valence-electron chi connectivity index (χ0n) is 16.7. The number of aromatic amines is 1. The quantitative estimate of drug-likeness (QED) is 0.440. The Bertz CT molecular complexity index is 1070. The maximum Gasteiger partial charge on any atom is 0.339 e. The van der Waals surface area contributed by atoms with Crippen molar-refractivity contribution in [3.05, 3.63) is 80.6 Å². The van der Waals surface area contributed by atoms with Gasteiger partial charge in [-0.05, 0) is 41.6 Å². The standard InChI is InChI=1S/C22H21FN2O4S/c1-12-19(22(28)29-3)16(24-20(12)13(2)26)11-18(27)25-21(17-5-4-10-30-17)14-6-8-15(23)9-7-14/h4-10,21,24H,11H2,1-3H3,(H,25,27). The van der Waals surface area contributed by atoms with E-state index >= 15 is 0 Å². The number of halogens is 1. The Morgan fingerprint density at radius 2 is 1.90 bits per heavy atom.